The summed E-state index contributed by atoms with van der Waals surface area (Å²) in [6, 6.07) is 13.8. The maximum absolute atomic E-state index is 13.0. The molecule has 22 heavy (non-hydrogen) atoms. The van der Waals surface area contributed by atoms with E-state index in [0.717, 1.165) is 11.3 Å². The highest BCUT2D eigenvalue weighted by Gasteiger charge is 2.14. The van der Waals surface area contributed by atoms with Gasteiger partial charge in [0.15, 0.2) is 0 Å². The first-order valence-electron chi connectivity index (χ1n) is 7.32. The average molecular weight is 300 g/mol. The summed E-state index contributed by atoms with van der Waals surface area (Å²) >= 11 is 0. The van der Waals surface area contributed by atoms with Crippen molar-refractivity contribution in [1.82, 2.24) is 4.90 Å². The molecule has 0 aliphatic rings. The van der Waals surface area contributed by atoms with Gasteiger partial charge in [-0.2, -0.15) is 0 Å². The quantitative estimate of drug-likeness (QED) is 0.843. The Bertz CT molecular complexity index is 621. The minimum atomic E-state index is -0.334. The zero-order valence-electron chi connectivity index (χ0n) is 13.2. The third-order valence-corrected chi connectivity index (χ3v) is 3.59. The van der Waals surface area contributed by atoms with Crippen molar-refractivity contribution in [2.45, 2.75) is 13.5 Å². The Labute approximate surface area is 131 Å². The van der Waals surface area contributed by atoms with E-state index < -0.39 is 0 Å². The molecule has 2 aromatic rings. The molecule has 0 aliphatic carbocycles. The van der Waals surface area contributed by atoms with E-state index in [4.69, 9.17) is 0 Å². The standard InChI is InChI=1S/C18H21FN2O/c1-4-21(18(22)15-7-9-16(19)10-8-15)13-14-5-11-17(12-6-14)20(2)3/h5-12H,4,13H2,1-3H3. The van der Waals surface area contributed by atoms with E-state index in [-0.39, 0.29) is 11.7 Å². The number of rotatable bonds is 5. The number of hydrogen-bond acceptors (Lipinski definition) is 2. The van der Waals surface area contributed by atoms with Crippen LogP contribution in [-0.2, 0) is 6.54 Å². The second-order valence-electron chi connectivity index (χ2n) is 5.39. The molecule has 0 saturated heterocycles. The lowest BCUT2D eigenvalue weighted by molar-refractivity contribution is 0.0752. The fourth-order valence-electron chi connectivity index (χ4n) is 2.22. The van der Waals surface area contributed by atoms with Gasteiger partial charge in [0.2, 0.25) is 0 Å². The third kappa shape index (κ3) is 3.85. The molecule has 0 N–H and O–H groups in total. The van der Waals surface area contributed by atoms with Crippen molar-refractivity contribution in [2.24, 2.45) is 0 Å². The summed E-state index contributed by atoms with van der Waals surface area (Å²) in [6.07, 6.45) is 0. The number of carbonyl (C=O) groups excluding carboxylic acids is 1. The summed E-state index contributed by atoms with van der Waals surface area (Å²) in [4.78, 5) is 16.2. The van der Waals surface area contributed by atoms with E-state index in [1.54, 1.807) is 4.90 Å². The van der Waals surface area contributed by atoms with Crippen LogP contribution in [0.5, 0.6) is 0 Å². The van der Waals surface area contributed by atoms with E-state index >= 15 is 0 Å². The SMILES string of the molecule is CCN(Cc1ccc(N(C)C)cc1)C(=O)c1ccc(F)cc1. The summed E-state index contributed by atoms with van der Waals surface area (Å²) in [6.45, 7) is 3.08. The molecule has 1 amide bonds. The minimum absolute atomic E-state index is 0.0841. The van der Waals surface area contributed by atoms with Crippen molar-refractivity contribution in [3.8, 4) is 0 Å². The van der Waals surface area contributed by atoms with Gasteiger partial charge in [0, 0.05) is 38.4 Å². The molecule has 0 aromatic heterocycles. The lowest BCUT2D eigenvalue weighted by Crippen LogP contribution is -2.30. The van der Waals surface area contributed by atoms with Gasteiger partial charge in [0.05, 0.1) is 0 Å². The van der Waals surface area contributed by atoms with Gasteiger partial charge >= 0.3 is 0 Å². The Hall–Kier alpha value is -2.36. The first-order chi connectivity index (χ1) is 10.5. The first kappa shape index (κ1) is 16.0. The molecular formula is C18H21FN2O. The van der Waals surface area contributed by atoms with Crippen LogP contribution >= 0.6 is 0 Å². The topological polar surface area (TPSA) is 23.6 Å². The highest BCUT2D eigenvalue weighted by atomic mass is 19.1. The van der Waals surface area contributed by atoms with Crippen LogP contribution in [0.25, 0.3) is 0 Å². The highest BCUT2D eigenvalue weighted by Crippen LogP contribution is 2.15. The largest absolute Gasteiger partial charge is 0.378 e. The molecule has 0 bridgehead atoms. The summed E-state index contributed by atoms with van der Waals surface area (Å²) in [5.74, 6) is -0.418. The van der Waals surface area contributed by atoms with Crippen LogP contribution in [0.2, 0.25) is 0 Å². The van der Waals surface area contributed by atoms with Gasteiger partial charge in [-0.25, -0.2) is 4.39 Å². The van der Waals surface area contributed by atoms with Gasteiger partial charge in [-0.15, -0.1) is 0 Å². The Kier molecular flexibility index (Phi) is 5.15. The van der Waals surface area contributed by atoms with E-state index in [0.29, 0.717) is 18.7 Å². The number of halogens is 1. The number of amides is 1. The van der Waals surface area contributed by atoms with E-state index in [1.165, 1.54) is 24.3 Å². The van der Waals surface area contributed by atoms with Crippen molar-refractivity contribution >= 4 is 11.6 Å². The molecule has 0 aliphatic heterocycles. The zero-order chi connectivity index (χ0) is 16.1. The predicted molar refractivity (Wildman–Crippen MR) is 87.6 cm³/mol. The van der Waals surface area contributed by atoms with Crippen LogP contribution in [0, 0.1) is 5.82 Å². The Morgan fingerprint density at radius 2 is 1.59 bits per heavy atom. The van der Waals surface area contributed by atoms with Gasteiger partial charge in [0.25, 0.3) is 5.91 Å². The van der Waals surface area contributed by atoms with Gasteiger partial charge in [-0.1, -0.05) is 12.1 Å². The molecule has 0 saturated carbocycles. The maximum atomic E-state index is 13.0. The van der Waals surface area contributed by atoms with E-state index in [2.05, 4.69) is 0 Å². The molecule has 0 atom stereocenters. The summed E-state index contributed by atoms with van der Waals surface area (Å²) < 4.78 is 13.0. The van der Waals surface area contributed by atoms with Gasteiger partial charge in [0.1, 0.15) is 5.82 Å². The smallest absolute Gasteiger partial charge is 0.254 e. The lowest BCUT2D eigenvalue weighted by Gasteiger charge is -2.21. The van der Waals surface area contributed by atoms with Crippen molar-refractivity contribution < 1.29 is 9.18 Å². The van der Waals surface area contributed by atoms with Crippen LogP contribution in [0.4, 0.5) is 10.1 Å². The lowest BCUT2D eigenvalue weighted by atomic mass is 10.1. The van der Waals surface area contributed by atoms with Crippen LogP contribution in [0.1, 0.15) is 22.8 Å². The fraction of sp³-hybridized carbons (Fsp3) is 0.278. The Morgan fingerprint density at radius 1 is 1.00 bits per heavy atom. The van der Waals surface area contributed by atoms with E-state index in [1.807, 2.05) is 50.2 Å². The number of anilines is 1. The molecule has 2 aromatic carbocycles. The highest BCUT2D eigenvalue weighted by molar-refractivity contribution is 5.94. The number of hydrogen-bond donors (Lipinski definition) is 0. The van der Waals surface area contributed by atoms with Crippen molar-refractivity contribution in [1.29, 1.82) is 0 Å². The molecule has 4 heteroatoms. The van der Waals surface area contributed by atoms with Crippen molar-refractivity contribution in [2.75, 3.05) is 25.5 Å². The predicted octanol–water partition coefficient (Wildman–Crippen LogP) is 3.55. The molecule has 2 rings (SSSR count). The zero-order valence-corrected chi connectivity index (χ0v) is 13.2. The molecule has 116 valence electrons. The van der Waals surface area contributed by atoms with Gasteiger partial charge in [-0.3, -0.25) is 4.79 Å². The average Bonchev–Trinajstić information content (AvgIpc) is 2.53. The molecule has 0 fully saturated rings. The number of carbonyl (C=O) groups is 1. The fourth-order valence-corrected chi connectivity index (χ4v) is 2.22. The summed E-state index contributed by atoms with van der Waals surface area (Å²) in [5, 5.41) is 0. The molecule has 0 spiro atoms. The second-order valence-corrected chi connectivity index (χ2v) is 5.39. The maximum Gasteiger partial charge on any atom is 0.254 e. The van der Waals surface area contributed by atoms with Gasteiger partial charge < -0.3 is 9.80 Å². The Balaban J connectivity index is 2.11. The van der Waals surface area contributed by atoms with Crippen molar-refractivity contribution in [3.63, 3.8) is 0 Å². The number of nitrogens with zero attached hydrogens (tertiary/aromatic N) is 2. The van der Waals surface area contributed by atoms with Crippen LogP contribution in [0.15, 0.2) is 48.5 Å². The normalized spacial score (nSPS) is 10.4. The van der Waals surface area contributed by atoms with Gasteiger partial charge in [-0.05, 0) is 48.9 Å². The summed E-state index contributed by atoms with van der Waals surface area (Å²) in [5.41, 5.74) is 2.70. The molecule has 0 unspecified atom stereocenters. The first-order valence-corrected chi connectivity index (χ1v) is 7.32. The molecule has 0 radical (unpaired) electrons. The second kappa shape index (κ2) is 7.07. The van der Waals surface area contributed by atoms with Crippen LogP contribution in [0.3, 0.4) is 0 Å². The monoisotopic (exact) mass is 300 g/mol. The van der Waals surface area contributed by atoms with Crippen molar-refractivity contribution in [3.05, 3.63) is 65.5 Å². The Morgan fingerprint density at radius 3 is 2.09 bits per heavy atom. The number of benzene rings is 2. The van der Waals surface area contributed by atoms with Crippen LogP contribution < -0.4 is 4.90 Å². The van der Waals surface area contributed by atoms with E-state index in [9.17, 15) is 9.18 Å². The third-order valence-electron chi connectivity index (χ3n) is 3.59. The minimum Gasteiger partial charge on any atom is -0.378 e. The molecular weight excluding hydrogens is 279 g/mol. The van der Waals surface area contributed by atoms with Crippen LogP contribution in [-0.4, -0.2) is 31.4 Å². The molecule has 3 nitrogen and oxygen atoms in total. The summed E-state index contributed by atoms with van der Waals surface area (Å²) in [7, 11) is 3.98. The molecule has 0 heterocycles.